The van der Waals surface area contributed by atoms with Gasteiger partial charge < -0.3 is 9.47 Å². The number of rotatable bonds is 4. The lowest BCUT2D eigenvalue weighted by atomic mass is 10.0. The van der Waals surface area contributed by atoms with Crippen LogP contribution in [0.15, 0.2) is 0 Å². The van der Waals surface area contributed by atoms with Gasteiger partial charge in [-0.3, -0.25) is 24.0 Å². The standard InChI is InChI=1S/C11H12O7/c1-3-17-10(15)5-7(12)6(9(14)8(5)13)11(16)18-4-2/h5-6H,3-4H2,1-2H3/t5-,6-/m1/s1. The number of esters is 2. The SMILES string of the molecule is CCOC(=O)[C@H]1C(=O)C(=O)[C@H](C(=O)OCC)C1=O. The Labute approximate surface area is 102 Å². The van der Waals surface area contributed by atoms with Crippen LogP contribution >= 0.6 is 0 Å². The van der Waals surface area contributed by atoms with E-state index in [1.54, 1.807) is 0 Å². The van der Waals surface area contributed by atoms with Crippen LogP contribution in [0.4, 0.5) is 0 Å². The van der Waals surface area contributed by atoms with Crippen molar-refractivity contribution in [2.75, 3.05) is 13.2 Å². The summed E-state index contributed by atoms with van der Waals surface area (Å²) < 4.78 is 9.04. The molecule has 1 rings (SSSR count). The highest BCUT2D eigenvalue weighted by molar-refractivity contribution is 6.58. The minimum absolute atomic E-state index is 0.0336. The highest BCUT2D eigenvalue weighted by Crippen LogP contribution is 2.23. The summed E-state index contributed by atoms with van der Waals surface area (Å²) in [7, 11) is 0. The predicted molar refractivity (Wildman–Crippen MR) is 55.3 cm³/mol. The van der Waals surface area contributed by atoms with E-state index in [9.17, 15) is 24.0 Å². The van der Waals surface area contributed by atoms with E-state index in [0.717, 1.165) is 0 Å². The van der Waals surface area contributed by atoms with E-state index in [0.29, 0.717) is 0 Å². The summed E-state index contributed by atoms with van der Waals surface area (Å²) >= 11 is 0. The van der Waals surface area contributed by atoms with Crippen molar-refractivity contribution in [1.29, 1.82) is 0 Å². The van der Waals surface area contributed by atoms with Crippen molar-refractivity contribution in [1.82, 2.24) is 0 Å². The summed E-state index contributed by atoms with van der Waals surface area (Å²) in [5, 5.41) is 0. The molecule has 0 N–H and O–H groups in total. The summed E-state index contributed by atoms with van der Waals surface area (Å²) in [6.45, 7) is 2.92. The largest absolute Gasteiger partial charge is 0.465 e. The second-order valence-electron chi connectivity index (χ2n) is 3.50. The van der Waals surface area contributed by atoms with Gasteiger partial charge in [0.05, 0.1) is 13.2 Å². The van der Waals surface area contributed by atoms with Crippen molar-refractivity contribution in [2.24, 2.45) is 11.8 Å². The zero-order valence-electron chi connectivity index (χ0n) is 9.93. The zero-order chi connectivity index (χ0) is 13.9. The molecular weight excluding hydrogens is 244 g/mol. The molecule has 18 heavy (non-hydrogen) atoms. The van der Waals surface area contributed by atoms with Gasteiger partial charge in [-0.25, -0.2) is 0 Å². The maximum Gasteiger partial charge on any atom is 0.324 e. The molecule has 98 valence electrons. The Bertz CT molecular complexity index is 385. The monoisotopic (exact) mass is 256 g/mol. The molecule has 0 saturated heterocycles. The van der Waals surface area contributed by atoms with Gasteiger partial charge in [-0.15, -0.1) is 0 Å². The molecule has 0 aromatic carbocycles. The van der Waals surface area contributed by atoms with Gasteiger partial charge in [0.15, 0.2) is 17.6 Å². The highest BCUT2D eigenvalue weighted by Gasteiger charge is 2.56. The highest BCUT2D eigenvalue weighted by atomic mass is 16.5. The molecule has 1 aliphatic carbocycles. The molecule has 0 amide bonds. The maximum absolute atomic E-state index is 11.7. The number of hydrogen-bond acceptors (Lipinski definition) is 7. The van der Waals surface area contributed by atoms with Gasteiger partial charge in [-0.1, -0.05) is 0 Å². The summed E-state index contributed by atoms with van der Waals surface area (Å²) in [4.78, 5) is 57.4. The average molecular weight is 256 g/mol. The van der Waals surface area contributed by atoms with E-state index in [1.807, 2.05) is 0 Å². The molecule has 0 spiro atoms. The van der Waals surface area contributed by atoms with Gasteiger partial charge in [-0.2, -0.15) is 0 Å². The van der Waals surface area contributed by atoms with E-state index in [4.69, 9.17) is 0 Å². The predicted octanol–water partition coefficient (Wildman–Crippen LogP) is -0.934. The lowest BCUT2D eigenvalue weighted by molar-refractivity contribution is -0.154. The fourth-order valence-electron chi connectivity index (χ4n) is 1.61. The number of carbonyl (C=O) groups excluding carboxylic acids is 5. The van der Waals surface area contributed by atoms with Crippen molar-refractivity contribution < 1.29 is 33.4 Å². The molecule has 1 aliphatic rings. The van der Waals surface area contributed by atoms with E-state index in [1.165, 1.54) is 13.8 Å². The minimum Gasteiger partial charge on any atom is -0.465 e. The molecule has 7 nitrogen and oxygen atoms in total. The summed E-state index contributed by atoms with van der Waals surface area (Å²) in [5.74, 6) is -9.35. The Kier molecular flexibility index (Phi) is 4.30. The number of carbonyl (C=O) groups is 5. The Morgan fingerprint density at radius 1 is 0.889 bits per heavy atom. The van der Waals surface area contributed by atoms with Gasteiger partial charge in [0.1, 0.15) is 0 Å². The second-order valence-corrected chi connectivity index (χ2v) is 3.50. The fourth-order valence-corrected chi connectivity index (χ4v) is 1.61. The Morgan fingerprint density at radius 2 is 1.22 bits per heavy atom. The summed E-state index contributed by atoms with van der Waals surface area (Å²) in [6, 6.07) is 0. The third kappa shape index (κ3) is 2.29. The Hall–Kier alpha value is -2.05. The van der Waals surface area contributed by atoms with Crippen LogP contribution in [0.2, 0.25) is 0 Å². The van der Waals surface area contributed by atoms with E-state index < -0.39 is 41.1 Å². The molecule has 0 unspecified atom stereocenters. The first-order chi connectivity index (χ1) is 8.45. The normalized spacial score (nSPS) is 23.1. The van der Waals surface area contributed by atoms with Gasteiger partial charge in [0.2, 0.25) is 11.6 Å². The van der Waals surface area contributed by atoms with Gasteiger partial charge in [0.25, 0.3) is 0 Å². The molecular formula is C11H12O7. The molecule has 0 bridgehead atoms. The van der Waals surface area contributed by atoms with Gasteiger partial charge >= 0.3 is 11.9 Å². The first-order valence-corrected chi connectivity index (χ1v) is 5.40. The van der Waals surface area contributed by atoms with E-state index >= 15 is 0 Å². The molecule has 2 atom stereocenters. The third-order valence-electron chi connectivity index (χ3n) is 2.38. The second kappa shape index (κ2) is 5.52. The Balaban J connectivity index is 2.97. The average Bonchev–Trinajstić information content (AvgIpc) is 2.51. The smallest absolute Gasteiger partial charge is 0.324 e. The molecule has 0 heterocycles. The quantitative estimate of drug-likeness (QED) is 0.363. The van der Waals surface area contributed by atoms with Crippen molar-refractivity contribution in [2.45, 2.75) is 13.8 Å². The molecule has 0 aromatic heterocycles. The van der Waals surface area contributed by atoms with Crippen molar-refractivity contribution in [3.05, 3.63) is 0 Å². The van der Waals surface area contributed by atoms with Crippen LogP contribution in [0.3, 0.4) is 0 Å². The first-order valence-electron chi connectivity index (χ1n) is 5.40. The molecule has 7 heteroatoms. The topological polar surface area (TPSA) is 104 Å². The van der Waals surface area contributed by atoms with Crippen LogP contribution in [0.25, 0.3) is 0 Å². The Morgan fingerprint density at radius 3 is 1.50 bits per heavy atom. The molecule has 1 saturated carbocycles. The van der Waals surface area contributed by atoms with E-state index in [2.05, 4.69) is 9.47 Å². The van der Waals surface area contributed by atoms with Crippen LogP contribution in [-0.4, -0.2) is 42.5 Å². The van der Waals surface area contributed by atoms with Crippen LogP contribution in [-0.2, 0) is 33.4 Å². The van der Waals surface area contributed by atoms with E-state index in [-0.39, 0.29) is 13.2 Å². The number of ketones is 3. The van der Waals surface area contributed by atoms with Crippen LogP contribution in [0.5, 0.6) is 0 Å². The number of Topliss-reactive ketones (excluding diaryl/α,β-unsaturated/α-hetero) is 3. The molecule has 0 radical (unpaired) electrons. The number of ether oxygens (including phenoxy) is 2. The van der Waals surface area contributed by atoms with Crippen molar-refractivity contribution >= 4 is 29.3 Å². The molecule has 0 aliphatic heterocycles. The fraction of sp³-hybridized carbons (Fsp3) is 0.545. The van der Waals surface area contributed by atoms with Crippen molar-refractivity contribution in [3.8, 4) is 0 Å². The van der Waals surface area contributed by atoms with Crippen molar-refractivity contribution in [3.63, 3.8) is 0 Å². The van der Waals surface area contributed by atoms with Crippen LogP contribution < -0.4 is 0 Å². The summed E-state index contributed by atoms with van der Waals surface area (Å²) in [6.07, 6.45) is 0. The molecule has 0 aromatic rings. The third-order valence-corrected chi connectivity index (χ3v) is 2.38. The van der Waals surface area contributed by atoms with Gasteiger partial charge in [0, 0.05) is 0 Å². The maximum atomic E-state index is 11.7. The lowest BCUT2D eigenvalue weighted by Crippen LogP contribution is -2.31. The first kappa shape index (κ1) is 14.0. The molecule has 1 fully saturated rings. The van der Waals surface area contributed by atoms with Gasteiger partial charge in [-0.05, 0) is 13.8 Å². The van der Waals surface area contributed by atoms with Crippen LogP contribution in [0, 0.1) is 11.8 Å². The van der Waals surface area contributed by atoms with Crippen LogP contribution in [0.1, 0.15) is 13.8 Å². The number of hydrogen-bond donors (Lipinski definition) is 0. The summed E-state index contributed by atoms with van der Waals surface area (Å²) in [5.41, 5.74) is 0. The lowest BCUT2D eigenvalue weighted by Gasteiger charge is -2.07. The zero-order valence-corrected chi connectivity index (χ0v) is 9.93. The minimum atomic E-state index is -1.83.